The topological polar surface area (TPSA) is 87.1 Å². The lowest BCUT2D eigenvalue weighted by Crippen LogP contribution is -2.62. The number of carbonyl (C=O) groups is 2. The number of carboxylic acid groups (broad SMARTS) is 2. The number of carboxylic acids is 2. The van der Waals surface area contributed by atoms with Crippen molar-refractivity contribution in [1.29, 1.82) is 0 Å². The molecule has 9 heteroatoms. The van der Waals surface area contributed by atoms with Gasteiger partial charge in [-0.1, -0.05) is 66.7 Å². The standard InChI is InChI=1S/C24H22F3NO.C2H2O4/c1-17-22(29-21-14-8-13-20(15-21)24(25,26)27)16-28(17)23(18-9-4-2-5-10-18)19-11-6-3-7-12-19;3-1(4)2(5)6/h2-15,17,22-23H,16H2,1H3;(H,3,4)(H,5,6). The molecule has 1 saturated heterocycles. The van der Waals surface area contributed by atoms with Gasteiger partial charge in [0.05, 0.1) is 11.6 Å². The molecule has 3 aromatic carbocycles. The first-order valence-corrected chi connectivity index (χ1v) is 10.7. The Bertz CT molecular complexity index is 1090. The second-order valence-electron chi connectivity index (χ2n) is 7.95. The first kappa shape index (κ1) is 25.8. The summed E-state index contributed by atoms with van der Waals surface area (Å²) in [6.45, 7) is 2.70. The number of alkyl halides is 3. The molecule has 0 amide bonds. The molecule has 0 spiro atoms. The molecular weight excluding hydrogens is 463 g/mol. The van der Waals surface area contributed by atoms with Crippen LogP contribution in [-0.4, -0.2) is 45.7 Å². The zero-order chi connectivity index (χ0) is 25.6. The van der Waals surface area contributed by atoms with Gasteiger partial charge in [0.25, 0.3) is 0 Å². The highest BCUT2D eigenvalue weighted by Gasteiger charge is 2.42. The van der Waals surface area contributed by atoms with Gasteiger partial charge < -0.3 is 14.9 Å². The SMILES string of the molecule is CC1C(Oc2cccc(C(F)(F)F)c2)CN1C(c1ccccc1)c1ccccc1.O=C(O)C(=O)O. The van der Waals surface area contributed by atoms with E-state index in [1.165, 1.54) is 17.2 Å². The number of nitrogens with zero attached hydrogens (tertiary/aromatic N) is 1. The zero-order valence-corrected chi connectivity index (χ0v) is 18.7. The van der Waals surface area contributed by atoms with E-state index < -0.39 is 23.7 Å². The lowest BCUT2D eigenvalue weighted by molar-refractivity contribution is -0.159. The van der Waals surface area contributed by atoms with E-state index >= 15 is 0 Å². The van der Waals surface area contributed by atoms with Crippen LogP contribution in [0.5, 0.6) is 5.75 Å². The quantitative estimate of drug-likeness (QED) is 0.487. The predicted molar refractivity (Wildman–Crippen MR) is 122 cm³/mol. The summed E-state index contributed by atoms with van der Waals surface area (Å²) < 4.78 is 44.8. The summed E-state index contributed by atoms with van der Waals surface area (Å²) in [5.41, 5.74) is 1.68. The Morgan fingerprint density at radius 3 is 1.83 bits per heavy atom. The lowest BCUT2D eigenvalue weighted by Gasteiger charge is -2.50. The summed E-state index contributed by atoms with van der Waals surface area (Å²) in [6.07, 6.45) is -4.53. The third-order valence-corrected chi connectivity index (χ3v) is 5.65. The summed E-state index contributed by atoms with van der Waals surface area (Å²) in [5.74, 6) is -3.39. The van der Waals surface area contributed by atoms with E-state index in [4.69, 9.17) is 24.5 Å². The number of benzene rings is 3. The number of likely N-dealkylation sites (tertiary alicyclic amines) is 1. The number of aliphatic carboxylic acids is 2. The Morgan fingerprint density at radius 1 is 0.886 bits per heavy atom. The molecule has 1 aliphatic rings. The van der Waals surface area contributed by atoms with E-state index in [-0.39, 0.29) is 23.9 Å². The fourth-order valence-corrected chi connectivity index (χ4v) is 3.85. The number of rotatable bonds is 5. The van der Waals surface area contributed by atoms with Gasteiger partial charge in [0, 0.05) is 12.6 Å². The van der Waals surface area contributed by atoms with Crippen molar-refractivity contribution in [3.05, 3.63) is 102 Å². The minimum atomic E-state index is -4.37. The van der Waals surface area contributed by atoms with Crippen molar-refractivity contribution in [2.75, 3.05) is 6.54 Å². The van der Waals surface area contributed by atoms with Crippen LogP contribution >= 0.6 is 0 Å². The normalized spacial score (nSPS) is 17.6. The van der Waals surface area contributed by atoms with Crippen LogP contribution in [0, 0.1) is 0 Å². The summed E-state index contributed by atoms with van der Waals surface area (Å²) >= 11 is 0. The van der Waals surface area contributed by atoms with Gasteiger partial charge in [0.1, 0.15) is 11.9 Å². The van der Waals surface area contributed by atoms with E-state index in [2.05, 4.69) is 36.1 Å². The molecule has 1 heterocycles. The van der Waals surface area contributed by atoms with E-state index in [1.54, 1.807) is 6.07 Å². The Labute approximate surface area is 200 Å². The first-order valence-electron chi connectivity index (χ1n) is 10.7. The van der Waals surface area contributed by atoms with Crippen molar-refractivity contribution in [1.82, 2.24) is 4.90 Å². The molecule has 6 nitrogen and oxygen atoms in total. The number of hydrogen-bond acceptors (Lipinski definition) is 4. The molecule has 2 unspecified atom stereocenters. The van der Waals surface area contributed by atoms with Crippen LogP contribution in [0.4, 0.5) is 13.2 Å². The molecule has 1 fully saturated rings. The Morgan fingerprint density at radius 2 is 1.40 bits per heavy atom. The van der Waals surface area contributed by atoms with Gasteiger partial charge in [-0.05, 0) is 36.2 Å². The average Bonchev–Trinajstić information content (AvgIpc) is 2.84. The van der Waals surface area contributed by atoms with E-state index in [1.807, 2.05) is 36.4 Å². The highest BCUT2D eigenvalue weighted by molar-refractivity contribution is 6.27. The minimum Gasteiger partial charge on any atom is -0.487 e. The maximum atomic E-state index is 13.0. The zero-order valence-electron chi connectivity index (χ0n) is 18.7. The minimum absolute atomic E-state index is 0.0648. The van der Waals surface area contributed by atoms with Gasteiger partial charge in [0.15, 0.2) is 0 Å². The predicted octanol–water partition coefficient (Wildman–Crippen LogP) is 5.10. The smallest absolute Gasteiger partial charge is 0.416 e. The maximum absolute atomic E-state index is 13.0. The molecule has 4 rings (SSSR count). The Hall–Kier alpha value is -3.85. The lowest BCUT2D eigenvalue weighted by atomic mass is 9.89. The largest absolute Gasteiger partial charge is 0.487 e. The molecular formula is C26H24F3NO5. The van der Waals surface area contributed by atoms with Gasteiger partial charge >= 0.3 is 18.1 Å². The molecule has 0 aliphatic carbocycles. The monoisotopic (exact) mass is 487 g/mol. The van der Waals surface area contributed by atoms with Crippen LogP contribution in [0.15, 0.2) is 84.9 Å². The second-order valence-corrected chi connectivity index (χ2v) is 7.95. The molecule has 35 heavy (non-hydrogen) atoms. The molecule has 0 saturated carbocycles. The van der Waals surface area contributed by atoms with Crippen molar-refractivity contribution >= 4 is 11.9 Å². The summed E-state index contributed by atoms with van der Waals surface area (Å²) in [7, 11) is 0. The second kappa shape index (κ2) is 11.1. The summed E-state index contributed by atoms with van der Waals surface area (Å²) in [6, 6.07) is 25.7. The van der Waals surface area contributed by atoms with Crippen molar-refractivity contribution in [2.24, 2.45) is 0 Å². The van der Waals surface area contributed by atoms with Gasteiger partial charge in [-0.25, -0.2) is 9.59 Å². The van der Waals surface area contributed by atoms with Crippen LogP contribution in [0.1, 0.15) is 29.7 Å². The van der Waals surface area contributed by atoms with Crippen LogP contribution in [0.25, 0.3) is 0 Å². The van der Waals surface area contributed by atoms with E-state index in [9.17, 15) is 13.2 Å². The molecule has 0 aromatic heterocycles. The molecule has 0 radical (unpaired) electrons. The highest BCUT2D eigenvalue weighted by atomic mass is 19.4. The molecule has 2 N–H and O–H groups in total. The molecule has 1 aliphatic heterocycles. The van der Waals surface area contributed by atoms with Crippen molar-refractivity contribution in [3.63, 3.8) is 0 Å². The van der Waals surface area contributed by atoms with Gasteiger partial charge in [-0.15, -0.1) is 0 Å². The summed E-state index contributed by atoms with van der Waals surface area (Å²) in [4.78, 5) is 20.5. The average molecular weight is 487 g/mol. The van der Waals surface area contributed by atoms with E-state index in [0.29, 0.717) is 6.54 Å². The Kier molecular flexibility index (Phi) is 8.14. The number of halogens is 3. The first-order chi connectivity index (χ1) is 16.6. The third-order valence-electron chi connectivity index (χ3n) is 5.65. The molecule has 0 bridgehead atoms. The molecule has 3 aromatic rings. The molecule has 184 valence electrons. The highest BCUT2D eigenvalue weighted by Crippen LogP contribution is 2.38. The van der Waals surface area contributed by atoms with Crippen LogP contribution in [-0.2, 0) is 15.8 Å². The molecule has 2 atom stereocenters. The summed E-state index contributed by atoms with van der Waals surface area (Å²) in [5, 5.41) is 14.8. The fourth-order valence-electron chi connectivity index (χ4n) is 3.85. The van der Waals surface area contributed by atoms with Crippen molar-refractivity contribution in [2.45, 2.75) is 31.3 Å². The fraction of sp³-hybridized carbons (Fsp3) is 0.231. The van der Waals surface area contributed by atoms with Gasteiger partial charge in [-0.3, -0.25) is 4.90 Å². The number of hydrogen-bond donors (Lipinski definition) is 2. The Balaban J connectivity index is 0.000000509. The van der Waals surface area contributed by atoms with Crippen molar-refractivity contribution < 1.29 is 37.7 Å². The number of ether oxygens (including phenoxy) is 1. The maximum Gasteiger partial charge on any atom is 0.416 e. The third kappa shape index (κ3) is 6.60. The van der Waals surface area contributed by atoms with Gasteiger partial charge in [0.2, 0.25) is 0 Å². The van der Waals surface area contributed by atoms with E-state index in [0.717, 1.165) is 12.1 Å². The van der Waals surface area contributed by atoms with Crippen LogP contribution in [0.2, 0.25) is 0 Å². The van der Waals surface area contributed by atoms with Crippen LogP contribution in [0.3, 0.4) is 0 Å². The van der Waals surface area contributed by atoms with Crippen LogP contribution < -0.4 is 4.74 Å². The van der Waals surface area contributed by atoms with Crippen molar-refractivity contribution in [3.8, 4) is 5.75 Å². The van der Waals surface area contributed by atoms with Gasteiger partial charge in [-0.2, -0.15) is 13.2 Å².